The molecule has 0 saturated heterocycles. The van der Waals surface area contributed by atoms with Gasteiger partial charge in [0, 0.05) is 31.4 Å². The second-order valence-electron chi connectivity index (χ2n) is 4.94. The summed E-state index contributed by atoms with van der Waals surface area (Å²) in [5.74, 6) is -0.112. The predicted molar refractivity (Wildman–Crippen MR) is 73.4 cm³/mol. The Morgan fingerprint density at radius 2 is 2.10 bits per heavy atom. The van der Waals surface area contributed by atoms with Gasteiger partial charge in [0.25, 0.3) is 10.0 Å². The summed E-state index contributed by atoms with van der Waals surface area (Å²) in [4.78, 5) is 17.9. The van der Waals surface area contributed by atoms with Gasteiger partial charge in [-0.15, -0.1) is 0 Å². The van der Waals surface area contributed by atoms with Gasteiger partial charge < -0.3 is 10.3 Å². The van der Waals surface area contributed by atoms with E-state index in [4.69, 9.17) is 0 Å². The lowest BCUT2D eigenvalue weighted by atomic mass is 9.95. The summed E-state index contributed by atoms with van der Waals surface area (Å²) in [6, 6.07) is 0.248. The van der Waals surface area contributed by atoms with Crippen LogP contribution in [0.1, 0.15) is 38.5 Å². The van der Waals surface area contributed by atoms with E-state index >= 15 is 0 Å². The van der Waals surface area contributed by atoms with Crippen molar-refractivity contribution in [1.29, 1.82) is 0 Å². The number of carbonyl (C=O) groups excluding carboxylic acids is 1. The van der Waals surface area contributed by atoms with E-state index in [9.17, 15) is 13.2 Å². The Morgan fingerprint density at radius 1 is 1.35 bits per heavy atom. The van der Waals surface area contributed by atoms with Crippen molar-refractivity contribution in [3.05, 3.63) is 12.4 Å². The molecule has 0 radical (unpaired) electrons. The average Bonchev–Trinajstić information content (AvgIpc) is 2.94. The smallest absolute Gasteiger partial charge is 0.274 e. The second kappa shape index (κ2) is 6.85. The number of hydrogen-bond donors (Lipinski definition) is 3. The Morgan fingerprint density at radius 3 is 2.75 bits per heavy atom. The van der Waals surface area contributed by atoms with Crippen molar-refractivity contribution in [2.24, 2.45) is 0 Å². The number of carbonyl (C=O) groups is 1. The van der Waals surface area contributed by atoms with E-state index in [0.717, 1.165) is 25.7 Å². The maximum Gasteiger partial charge on any atom is 0.274 e. The van der Waals surface area contributed by atoms with Crippen molar-refractivity contribution >= 4 is 15.9 Å². The zero-order valence-electron chi connectivity index (χ0n) is 11.3. The number of aromatic nitrogens is 2. The number of aromatic amines is 1. The standard InChI is InChI=1S/C12H20N4O3S/c17-11(16-10-4-2-1-3-5-10)6-7-15-20(18,19)12-13-8-9-14-12/h8-10,15H,1-7H2,(H,13,14)(H,16,17). The lowest BCUT2D eigenvalue weighted by Gasteiger charge is -2.22. The molecule has 1 heterocycles. The number of rotatable bonds is 6. The molecule has 0 aromatic carbocycles. The van der Waals surface area contributed by atoms with E-state index in [0.29, 0.717) is 0 Å². The van der Waals surface area contributed by atoms with E-state index < -0.39 is 10.0 Å². The van der Waals surface area contributed by atoms with Crippen LogP contribution in [0.15, 0.2) is 17.6 Å². The Balaban J connectivity index is 1.71. The van der Waals surface area contributed by atoms with Gasteiger partial charge in [0.2, 0.25) is 11.1 Å². The molecule has 7 nitrogen and oxygen atoms in total. The molecule has 1 saturated carbocycles. The van der Waals surface area contributed by atoms with Crippen LogP contribution in [0.25, 0.3) is 0 Å². The van der Waals surface area contributed by atoms with Crippen LogP contribution < -0.4 is 10.0 Å². The fraction of sp³-hybridized carbons (Fsp3) is 0.667. The summed E-state index contributed by atoms with van der Waals surface area (Å²) in [5.41, 5.74) is 0. The molecule has 112 valence electrons. The molecule has 1 aliphatic rings. The third kappa shape index (κ3) is 4.31. The van der Waals surface area contributed by atoms with Gasteiger partial charge in [0.05, 0.1) is 0 Å². The van der Waals surface area contributed by atoms with Crippen LogP contribution in [0.5, 0.6) is 0 Å². The summed E-state index contributed by atoms with van der Waals surface area (Å²) in [7, 11) is -3.64. The number of nitrogens with one attached hydrogen (secondary N) is 3. The maximum atomic E-state index is 11.7. The van der Waals surface area contributed by atoms with Gasteiger partial charge in [-0.3, -0.25) is 4.79 Å². The SMILES string of the molecule is O=C(CCNS(=O)(=O)c1ncc[nH]1)NC1CCCCC1. The Hall–Kier alpha value is -1.41. The summed E-state index contributed by atoms with van der Waals surface area (Å²) >= 11 is 0. The number of H-pyrrole nitrogens is 1. The van der Waals surface area contributed by atoms with Gasteiger partial charge in [0.1, 0.15) is 0 Å². The van der Waals surface area contributed by atoms with Crippen LogP contribution in [0, 0.1) is 0 Å². The molecular formula is C12H20N4O3S. The Bertz CT molecular complexity index is 521. The molecule has 0 aliphatic heterocycles. The van der Waals surface area contributed by atoms with Gasteiger partial charge in [-0.1, -0.05) is 19.3 Å². The van der Waals surface area contributed by atoms with E-state index in [1.807, 2.05) is 0 Å². The Kier molecular flexibility index (Phi) is 5.13. The summed E-state index contributed by atoms with van der Waals surface area (Å²) in [6.45, 7) is 0.0710. The number of hydrogen-bond acceptors (Lipinski definition) is 4. The highest BCUT2D eigenvalue weighted by molar-refractivity contribution is 7.89. The van der Waals surface area contributed by atoms with Crippen molar-refractivity contribution in [2.75, 3.05) is 6.54 Å². The second-order valence-corrected chi connectivity index (χ2v) is 6.63. The lowest BCUT2D eigenvalue weighted by molar-refractivity contribution is -0.121. The molecule has 0 unspecified atom stereocenters. The first-order chi connectivity index (χ1) is 9.58. The summed E-state index contributed by atoms with van der Waals surface area (Å²) < 4.78 is 25.8. The molecule has 0 spiro atoms. The summed E-state index contributed by atoms with van der Waals surface area (Å²) in [6.07, 6.45) is 8.50. The van der Waals surface area contributed by atoms with Gasteiger partial charge in [0.15, 0.2) is 0 Å². The number of nitrogens with zero attached hydrogens (tertiary/aromatic N) is 1. The summed E-state index contributed by atoms with van der Waals surface area (Å²) in [5, 5.41) is 2.81. The number of sulfonamides is 1. The monoisotopic (exact) mass is 300 g/mol. The predicted octanol–water partition coefficient (Wildman–Crippen LogP) is 0.527. The molecule has 0 bridgehead atoms. The molecular weight excluding hydrogens is 280 g/mol. The zero-order valence-corrected chi connectivity index (χ0v) is 12.1. The van der Waals surface area contributed by atoms with Crippen LogP contribution in [-0.4, -0.2) is 36.9 Å². The van der Waals surface area contributed by atoms with Crippen LogP contribution in [0.3, 0.4) is 0 Å². The molecule has 2 rings (SSSR count). The fourth-order valence-electron chi connectivity index (χ4n) is 2.31. The van der Waals surface area contributed by atoms with Crippen LogP contribution in [-0.2, 0) is 14.8 Å². The van der Waals surface area contributed by atoms with Crippen molar-refractivity contribution in [2.45, 2.75) is 49.7 Å². The molecule has 1 aromatic heterocycles. The van der Waals surface area contributed by atoms with Gasteiger partial charge in [-0.2, -0.15) is 0 Å². The molecule has 1 amide bonds. The van der Waals surface area contributed by atoms with E-state index in [1.165, 1.54) is 18.8 Å². The van der Waals surface area contributed by atoms with E-state index in [-0.39, 0.29) is 30.1 Å². The van der Waals surface area contributed by atoms with Gasteiger partial charge >= 0.3 is 0 Å². The number of imidazole rings is 1. The van der Waals surface area contributed by atoms with Crippen molar-refractivity contribution in [3.8, 4) is 0 Å². The molecule has 20 heavy (non-hydrogen) atoms. The zero-order chi connectivity index (χ0) is 14.4. The van der Waals surface area contributed by atoms with Gasteiger partial charge in [-0.05, 0) is 12.8 Å². The van der Waals surface area contributed by atoms with Crippen LogP contribution in [0.2, 0.25) is 0 Å². The highest BCUT2D eigenvalue weighted by Crippen LogP contribution is 2.17. The Labute approximate surface area is 118 Å². The molecule has 3 N–H and O–H groups in total. The first-order valence-corrected chi connectivity index (χ1v) is 8.34. The lowest BCUT2D eigenvalue weighted by Crippen LogP contribution is -2.38. The first kappa shape index (κ1) is 15.0. The van der Waals surface area contributed by atoms with E-state index in [2.05, 4.69) is 20.0 Å². The average molecular weight is 300 g/mol. The third-order valence-electron chi connectivity index (χ3n) is 3.34. The van der Waals surface area contributed by atoms with Crippen molar-refractivity contribution in [3.63, 3.8) is 0 Å². The topological polar surface area (TPSA) is 104 Å². The van der Waals surface area contributed by atoms with Crippen molar-refractivity contribution in [1.82, 2.24) is 20.0 Å². The van der Waals surface area contributed by atoms with Crippen LogP contribution in [0.4, 0.5) is 0 Å². The minimum atomic E-state index is -3.64. The molecule has 1 fully saturated rings. The molecule has 0 atom stereocenters. The first-order valence-electron chi connectivity index (χ1n) is 6.86. The normalized spacial score (nSPS) is 17.0. The number of amides is 1. The minimum absolute atomic E-state index is 0.0710. The molecule has 1 aliphatic carbocycles. The fourth-order valence-corrected chi connectivity index (χ4v) is 3.24. The van der Waals surface area contributed by atoms with E-state index in [1.54, 1.807) is 0 Å². The largest absolute Gasteiger partial charge is 0.353 e. The molecule has 1 aromatic rings. The highest BCUT2D eigenvalue weighted by atomic mass is 32.2. The van der Waals surface area contributed by atoms with Gasteiger partial charge in [-0.25, -0.2) is 18.1 Å². The third-order valence-corrected chi connectivity index (χ3v) is 4.66. The molecule has 8 heteroatoms. The quantitative estimate of drug-likeness (QED) is 0.712. The highest BCUT2D eigenvalue weighted by Gasteiger charge is 2.18. The minimum Gasteiger partial charge on any atom is -0.353 e. The van der Waals surface area contributed by atoms with Crippen molar-refractivity contribution < 1.29 is 13.2 Å². The maximum absolute atomic E-state index is 11.7. The van der Waals surface area contributed by atoms with Crippen LogP contribution >= 0.6 is 0 Å².